The van der Waals surface area contributed by atoms with Gasteiger partial charge in [0, 0.05) is 3.57 Å². The average molecular weight is 624 g/mol. The van der Waals surface area contributed by atoms with Gasteiger partial charge in [0.15, 0.2) is 15.8 Å². The van der Waals surface area contributed by atoms with E-state index in [9.17, 15) is 21.6 Å². The number of rotatable bonds is 5. The molecule has 3 aromatic rings. The predicted molar refractivity (Wildman–Crippen MR) is 117 cm³/mol. The molecule has 0 radical (unpaired) electrons. The molecule has 28 heavy (non-hydrogen) atoms. The smallest absolute Gasteiger partial charge is 0.272 e. The number of halogens is 6. The van der Waals surface area contributed by atoms with Gasteiger partial charge >= 0.3 is 0 Å². The Hall–Kier alpha value is -1.02. The molecule has 0 saturated heterocycles. The average Bonchev–Trinajstić information content (AvgIpc) is 2.95. The van der Waals surface area contributed by atoms with Gasteiger partial charge in [0.1, 0.15) is 11.5 Å². The van der Waals surface area contributed by atoms with Crippen molar-refractivity contribution in [2.45, 2.75) is 4.21 Å². The molecule has 2 N–H and O–H groups in total. The van der Waals surface area contributed by atoms with Crippen molar-refractivity contribution < 1.29 is 21.6 Å². The minimum absolute atomic E-state index is 0.145. The second-order valence-corrected chi connectivity index (χ2v) is 11.0. The highest BCUT2D eigenvalue weighted by molar-refractivity contribution is 14.1. The van der Waals surface area contributed by atoms with E-state index in [1.54, 1.807) is 6.07 Å². The first-order valence-corrected chi connectivity index (χ1v) is 11.8. The summed E-state index contributed by atoms with van der Waals surface area (Å²) in [6, 6.07) is 7.26. The molecule has 0 atom stereocenters. The van der Waals surface area contributed by atoms with Crippen molar-refractivity contribution >= 4 is 88.5 Å². The van der Waals surface area contributed by atoms with Crippen LogP contribution >= 0.6 is 61.5 Å². The molecule has 3 rings (SSSR count). The standard InChI is InChI=1S/C16H8BrClF3IN2O2S2/c17-8-6-13(18)27-16(8)28(25,26)24-12-4-2-9(19)14(21)15(12)23-11-3-1-7(22)5-10(11)20/h1-6,23-24H. The molecule has 2 aromatic carbocycles. The van der Waals surface area contributed by atoms with Crippen molar-refractivity contribution in [3.8, 4) is 0 Å². The molecule has 0 bridgehead atoms. The summed E-state index contributed by atoms with van der Waals surface area (Å²) in [5.74, 6) is -3.30. The molecule has 0 unspecified atom stereocenters. The van der Waals surface area contributed by atoms with Crippen LogP contribution in [0.15, 0.2) is 45.1 Å². The summed E-state index contributed by atoms with van der Waals surface area (Å²) >= 11 is 11.6. The Morgan fingerprint density at radius 1 is 1.04 bits per heavy atom. The van der Waals surface area contributed by atoms with Gasteiger partial charge in [-0.15, -0.1) is 11.3 Å². The van der Waals surface area contributed by atoms with Gasteiger partial charge in [-0.1, -0.05) is 11.6 Å². The monoisotopic (exact) mass is 622 g/mol. The number of benzene rings is 2. The Kier molecular flexibility index (Phi) is 6.49. The zero-order valence-corrected chi connectivity index (χ0v) is 19.5. The highest BCUT2D eigenvalue weighted by Gasteiger charge is 2.24. The molecule has 0 aliphatic rings. The molecule has 148 valence electrons. The van der Waals surface area contributed by atoms with Crippen LogP contribution in [-0.4, -0.2) is 8.42 Å². The van der Waals surface area contributed by atoms with Crippen LogP contribution in [0.1, 0.15) is 0 Å². The minimum Gasteiger partial charge on any atom is -0.349 e. The predicted octanol–water partition coefficient (Wildman–Crippen LogP) is 6.73. The lowest BCUT2D eigenvalue weighted by molar-refractivity contribution is 0.512. The topological polar surface area (TPSA) is 58.2 Å². The quantitative estimate of drug-likeness (QED) is 0.310. The highest BCUT2D eigenvalue weighted by atomic mass is 127. The van der Waals surface area contributed by atoms with Crippen molar-refractivity contribution in [3.63, 3.8) is 0 Å². The number of nitrogens with one attached hydrogen (secondary N) is 2. The van der Waals surface area contributed by atoms with Gasteiger partial charge < -0.3 is 5.32 Å². The molecule has 0 spiro atoms. The maximum Gasteiger partial charge on any atom is 0.272 e. The molecule has 4 nitrogen and oxygen atoms in total. The van der Waals surface area contributed by atoms with Crippen molar-refractivity contribution in [1.29, 1.82) is 0 Å². The van der Waals surface area contributed by atoms with Crippen molar-refractivity contribution in [3.05, 3.63) is 66.2 Å². The summed E-state index contributed by atoms with van der Waals surface area (Å²) < 4.78 is 70.6. The lowest BCUT2D eigenvalue weighted by atomic mass is 10.2. The van der Waals surface area contributed by atoms with E-state index in [-0.39, 0.29) is 24.4 Å². The van der Waals surface area contributed by atoms with Gasteiger partial charge in [0.05, 0.1) is 20.2 Å². The van der Waals surface area contributed by atoms with Crippen molar-refractivity contribution in [2.75, 3.05) is 10.0 Å². The summed E-state index contributed by atoms with van der Waals surface area (Å²) in [6.45, 7) is 0. The summed E-state index contributed by atoms with van der Waals surface area (Å²) in [5, 5.41) is 2.42. The van der Waals surface area contributed by atoms with Crippen molar-refractivity contribution in [1.82, 2.24) is 0 Å². The van der Waals surface area contributed by atoms with Crippen LogP contribution in [0.3, 0.4) is 0 Å². The summed E-state index contributed by atoms with van der Waals surface area (Å²) in [6.07, 6.45) is 0. The first-order valence-electron chi connectivity index (χ1n) is 7.26. The molecular weight excluding hydrogens is 616 g/mol. The first-order chi connectivity index (χ1) is 13.1. The zero-order chi connectivity index (χ0) is 20.6. The van der Waals surface area contributed by atoms with E-state index in [1.807, 2.05) is 22.6 Å². The number of sulfonamides is 1. The third kappa shape index (κ3) is 4.58. The molecule has 1 heterocycles. The van der Waals surface area contributed by atoms with Gasteiger partial charge in [0.2, 0.25) is 0 Å². The van der Waals surface area contributed by atoms with Gasteiger partial charge in [-0.05, 0) is 74.9 Å². The van der Waals surface area contributed by atoms with Gasteiger partial charge in [0.25, 0.3) is 10.0 Å². The molecule has 12 heteroatoms. The zero-order valence-electron chi connectivity index (χ0n) is 13.4. The Balaban J connectivity index is 2.04. The van der Waals surface area contributed by atoms with E-state index >= 15 is 0 Å². The van der Waals surface area contributed by atoms with Crippen LogP contribution in [0.25, 0.3) is 0 Å². The first kappa shape index (κ1) is 21.7. The van der Waals surface area contributed by atoms with E-state index in [4.69, 9.17) is 11.6 Å². The number of hydrogen-bond donors (Lipinski definition) is 2. The second kappa shape index (κ2) is 8.38. The Labute approximate surface area is 189 Å². The third-order valence-corrected chi connectivity index (χ3v) is 8.38. The molecule has 0 amide bonds. The lowest BCUT2D eigenvalue weighted by Crippen LogP contribution is -2.14. The maximum atomic E-state index is 14.4. The van der Waals surface area contributed by atoms with Gasteiger partial charge in [-0.3, -0.25) is 4.72 Å². The fourth-order valence-corrected chi connectivity index (χ4v) is 6.72. The molecule has 0 saturated carbocycles. The molecule has 0 aliphatic carbocycles. The fraction of sp³-hybridized carbons (Fsp3) is 0. The van der Waals surface area contributed by atoms with Crippen LogP contribution in [-0.2, 0) is 10.0 Å². The Morgan fingerprint density at radius 3 is 2.32 bits per heavy atom. The minimum atomic E-state index is -4.17. The molecule has 0 fully saturated rings. The van der Waals surface area contributed by atoms with E-state index in [2.05, 4.69) is 26.0 Å². The van der Waals surface area contributed by atoms with Gasteiger partial charge in [-0.2, -0.15) is 0 Å². The fourth-order valence-electron chi connectivity index (χ4n) is 2.18. The largest absolute Gasteiger partial charge is 0.349 e. The van der Waals surface area contributed by atoms with Gasteiger partial charge in [-0.25, -0.2) is 21.6 Å². The summed E-state index contributed by atoms with van der Waals surface area (Å²) in [4.78, 5) is 0. The lowest BCUT2D eigenvalue weighted by Gasteiger charge is -2.16. The maximum absolute atomic E-state index is 14.4. The highest BCUT2D eigenvalue weighted by Crippen LogP contribution is 2.38. The third-order valence-electron chi connectivity index (χ3n) is 3.40. The summed E-state index contributed by atoms with van der Waals surface area (Å²) in [5.41, 5.74) is -0.999. The van der Waals surface area contributed by atoms with Crippen LogP contribution in [0.5, 0.6) is 0 Å². The number of hydrogen-bond acceptors (Lipinski definition) is 4. The van der Waals surface area contributed by atoms with Crippen LogP contribution in [0, 0.1) is 21.0 Å². The van der Waals surface area contributed by atoms with E-state index in [0.717, 1.165) is 23.5 Å². The van der Waals surface area contributed by atoms with E-state index in [0.29, 0.717) is 3.57 Å². The van der Waals surface area contributed by atoms with Crippen LogP contribution in [0.2, 0.25) is 4.34 Å². The number of anilines is 3. The molecular formula is C16H8BrClF3IN2O2S2. The van der Waals surface area contributed by atoms with E-state index < -0.39 is 33.2 Å². The van der Waals surface area contributed by atoms with Crippen molar-refractivity contribution in [2.24, 2.45) is 0 Å². The Bertz CT molecular complexity index is 1170. The van der Waals surface area contributed by atoms with Crippen LogP contribution in [0.4, 0.5) is 30.2 Å². The van der Waals surface area contributed by atoms with E-state index in [1.165, 1.54) is 18.2 Å². The SMILES string of the molecule is O=S(=O)(Nc1ccc(F)c(F)c1Nc1ccc(I)cc1F)c1sc(Cl)cc1Br. The molecule has 0 aliphatic heterocycles. The summed E-state index contributed by atoms with van der Waals surface area (Å²) in [7, 11) is -4.17. The second-order valence-electron chi connectivity index (χ2n) is 5.32. The molecule has 1 aromatic heterocycles. The Morgan fingerprint density at radius 2 is 1.71 bits per heavy atom. The van der Waals surface area contributed by atoms with Crippen LogP contribution < -0.4 is 10.0 Å². The normalized spacial score (nSPS) is 11.5. The number of thiophene rings is 1.